The van der Waals surface area contributed by atoms with Gasteiger partial charge in [-0.15, -0.1) is 0 Å². The fourth-order valence-electron chi connectivity index (χ4n) is 3.18. The maximum Gasteiger partial charge on any atom is 0.307 e. The number of rotatable bonds is 4. The zero-order chi connectivity index (χ0) is 15.0. The minimum atomic E-state index is -3.56. The fourth-order valence-corrected chi connectivity index (χ4v) is 4.70. The van der Waals surface area contributed by atoms with Crippen molar-refractivity contribution < 1.29 is 18.3 Å². The highest BCUT2D eigenvalue weighted by Gasteiger charge is 2.37. The van der Waals surface area contributed by atoms with Crippen LogP contribution in [0.5, 0.6) is 0 Å². The largest absolute Gasteiger partial charge is 0.481 e. The molecule has 1 aliphatic heterocycles. The van der Waals surface area contributed by atoms with Crippen LogP contribution in [0.15, 0.2) is 0 Å². The Kier molecular flexibility index (Phi) is 4.41. The minimum Gasteiger partial charge on any atom is -0.481 e. The van der Waals surface area contributed by atoms with E-state index >= 15 is 0 Å². The second-order valence-corrected chi connectivity index (χ2v) is 8.46. The Balaban J connectivity index is 1.98. The highest BCUT2D eigenvalue weighted by Crippen LogP contribution is 2.37. The van der Waals surface area contributed by atoms with Gasteiger partial charge >= 0.3 is 5.97 Å². The molecule has 2 aliphatic rings. The van der Waals surface area contributed by atoms with Crippen molar-refractivity contribution in [3.63, 3.8) is 0 Å². The van der Waals surface area contributed by atoms with Crippen LogP contribution >= 0.6 is 0 Å². The summed E-state index contributed by atoms with van der Waals surface area (Å²) in [6.45, 7) is 4.78. The van der Waals surface area contributed by atoms with Gasteiger partial charge in [0.05, 0.1) is 5.92 Å². The van der Waals surface area contributed by atoms with Crippen LogP contribution in [-0.4, -0.2) is 42.9 Å². The lowest BCUT2D eigenvalue weighted by atomic mass is 9.92. The van der Waals surface area contributed by atoms with Gasteiger partial charge in [0.15, 0.2) is 0 Å². The van der Waals surface area contributed by atoms with Gasteiger partial charge in [-0.3, -0.25) is 4.79 Å². The summed E-state index contributed by atoms with van der Waals surface area (Å²) in [5, 5.41) is 9.03. The number of carboxylic acid groups (broad SMARTS) is 1. The molecule has 1 saturated carbocycles. The van der Waals surface area contributed by atoms with E-state index in [1.54, 1.807) is 0 Å². The molecule has 1 saturated heterocycles. The Labute approximate surface area is 120 Å². The lowest BCUT2D eigenvalue weighted by Crippen LogP contribution is -2.49. The topological polar surface area (TPSA) is 86.7 Å². The van der Waals surface area contributed by atoms with E-state index in [1.807, 2.05) is 0 Å². The van der Waals surface area contributed by atoms with E-state index in [0.717, 1.165) is 19.3 Å². The summed E-state index contributed by atoms with van der Waals surface area (Å²) in [5.74, 6) is -1.49. The average Bonchev–Trinajstić information content (AvgIpc) is 2.68. The SMILES string of the molecule is CC1(C)CCC(NS(=O)(=O)N2CCCC(C(=O)O)C2)C1. The van der Waals surface area contributed by atoms with E-state index in [2.05, 4.69) is 18.6 Å². The number of nitrogens with zero attached hydrogens (tertiary/aromatic N) is 1. The van der Waals surface area contributed by atoms with E-state index in [0.29, 0.717) is 19.4 Å². The minimum absolute atomic E-state index is 0.0276. The van der Waals surface area contributed by atoms with E-state index in [4.69, 9.17) is 5.11 Å². The lowest BCUT2D eigenvalue weighted by molar-refractivity contribution is -0.142. The maximum atomic E-state index is 12.3. The lowest BCUT2D eigenvalue weighted by Gasteiger charge is -2.31. The van der Waals surface area contributed by atoms with E-state index in [1.165, 1.54) is 4.31 Å². The molecule has 0 radical (unpaired) electrons. The van der Waals surface area contributed by atoms with Crippen LogP contribution in [0.3, 0.4) is 0 Å². The van der Waals surface area contributed by atoms with Gasteiger partial charge < -0.3 is 5.11 Å². The standard InChI is InChI=1S/C13H24N2O4S/c1-13(2)6-5-11(8-13)14-20(18,19)15-7-3-4-10(9-15)12(16)17/h10-11,14H,3-9H2,1-2H3,(H,16,17). The van der Waals surface area contributed by atoms with Gasteiger partial charge in [0.2, 0.25) is 0 Å². The summed E-state index contributed by atoms with van der Waals surface area (Å²) < 4.78 is 28.7. The fraction of sp³-hybridized carbons (Fsp3) is 0.923. The number of carbonyl (C=O) groups is 1. The molecule has 0 aromatic rings. The molecule has 1 aliphatic carbocycles. The van der Waals surface area contributed by atoms with Gasteiger partial charge in [-0.05, 0) is 37.5 Å². The predicted octanol–water partition coefficient (Wildman–Crippen LogP) is 1.20. The molecule has 1 heterocycles. The molecule has 116 valence electrons. The Hall–Kier alpha value is -0.660. The van der Waals surface area contributed by atoms with Gasteiger partial charge in [0.1, 0.15) is 0 Å². The monoisotopic (exact) mass is 304 g/mol. The highest BCUT2D eigenvalue weighted by atomic mass is 32.2. The summed E-state index contributed by atoms with van der Waals surface area (Å²) in [4.78, 5) is 11.0. The Morgan fingerprint density at radius 3 is 2.60 bits per heavy atom. The predicted molar refractivity (Wildman–Crippen MR) is 75.4 cm³/mol. The zero-order valence-electron chi connectivity index (χ0n) is 12.1. The Morgan fingerprint density at radius 1 is 1.35 bits per heavy atom. The van der Waals surface area contributed by atoms with Gasteiger partial charge in [0, 0.05) is 19.1 Å². The number of hydrogen-bond donors (Lipinski definition) is 2. The number of carboxylic acids is 1. The quantitative estimate of drug-likeness (QED) is 0.817. The molecule has 0 aromatic carbocycles. The zero-order valence-corrected chi connectivity index (χ0v) is 12.9. The molecule has 6 nitrogen and oxygen atoms in total. The smallest absolute Gasteiger partial charge is 0.307 e. The molecule has 2 fully saturated rings. The van der Waals surface area contributed by atoms with Crippen molar-refractivity contribution in [3.8, 4) is 0 Å². The van der Waals surface area contributed by atoms with E-state index < -0.39 is 22.1 Å². The van der Waals surface area contributed by atoms with Gasteiger partial charge in [-0.1, -0.05) is 13.8 Å². The molecule has 2 atom stereocenters. The average molecular weight is 304 g/mol. The van der Waals surface area contributed by atoms with Crippen LogP contribution < -0.4 is 4.72 Å². The van der Waals surface area contributed by atoms with E-state index in [-0.39, 0.29) is 18.0 Å². The summed E-state index contributed by atoms with van der Waals surface area (Å²) in [6, 6.07) is -0.0276. The molecule has 2 rings (SSSR count). The number of piperidine rings is 1. The third kappa shape index (κ3) is 3.71. The van der Waals surface area contributed by atoms with Crippen molar-refractivity contribution in [2.75, 3.05) is 13.1 Å². The van der Waals surface area contributed by atoms with Gasteiger partial charge in [-0.25, -0.2) is 0 Å². The van der Waals surface area contributed by atoms with Crippen LogP contribution in [0.2, 0.25) is 0 Å². The molecule has 0 aromatic heterocycles. The maximum absolute atomic E-state index is 12.3. The van der Waals surface area contributed by atoms with Crippen molar-refractivity contribution in [1.82, 2.24) is 9.03 Å². The second kappa shape index (κ2) is 5.61. The second-order valence-electron chi connectivity index (χ2n) is 6.76. The molecular weight excluding hydrogens is 280 g/mol. The first kappa shape index (κ1) is 15.7. The number of aliphatic carboxylic acids is 1. The molecule has 2 unspecified atom stereocenters. The summed E-state index contributed by atoms with van der Waals surface area (Å²) >= 11 is 0. The van der Waals surface area contributed by atoms with Crippen molar-refractivity contribution in [2.45, 2.75) is 52.0 Å². The molecule has 0 spiro atoms. The molecule has 0 amide bonds. The first-order valence-electron chi connectivity index (χ1n) is 7.20. The van der Waals surface area contributed by atoms with Crippen LogP contribution in [0.1, 0.15) is 46.0 Å². The highest BCUT2D eigenvalue weighted by molar-refractivity contribution is 7.87. The Bertz CT molecular complexity index is 475. The molecule has 0 bridgehead atoms. The van der Waals surface area contributed by atoms with Crippen molar-refractivity contribution >= 4 is 16.2 Å². The molecular formula is C13H24N2O4S. The summed E-state index contributed by atoms with van der Waals surface area (Å²) in [5.41, 5.74) is 0.179. The third-order valence-electron chi connectivity index (χ3n) is 4.36. The van der Waals surface area contributed by atoms with Crippen LogP contribution in [0, 0.1) is 11.3 Å². The molecule has 2 N–H and O–H groups in total. The molecule has 20 heavy (non-hydrogen) atoms. The third-order valence-corrected chi connectivity index (χ3v) is 6.00. The van der Waals surface area contributed by atoms with Crippen LogP contribution in [-0.2, 0) is 15.0 Å². The van der Waals surface area contributed by atoms with Crippen LogP contribution in [0.4, 0.5) is 0 Å². The summed E-state index contributed by atoms with van der Waals surface area (Å²) in [6.07, 6.45) is 3.86. The molecule has 7 heteroatoms. The number of hydrogen-bond acceptors (Lipinski definition) is 3. The van der Waals surface area contributed by atoms with Gasteiger partial charge in [0.25, 0.3) is 10.2 Å². The van der Waals surface area contributed by atoms with Crippen molar-refractivity contribution in [1.29, 1.82) is 0 Å². The van der Waals surface area contributed by atoms with Crippen molar-refractivity contribution in [2.24, 2.45) is 11.3 Å². The van der Waals surface area contributed by atoms with Crippen LogP contribution in [0.25, 0.3) is 0 Å². The van der Waals surface area contributed by atoms with E-state index in [9.17, 15) is 13.2 Å². The van der Waals surface area contributed by atoms with Crippen molar-refractivity contribution in [3.05, 3.63) is 0 Å². The Morgan fingerprint density at radius 2 is 2.05 bits per heavy atom. The summed E-state index contributed by atoms with van der Waals surface area (Å²) in [7, 11) is -3.56. The first-order valence-corrected chi connectivity index (χ1v) is 8.64. The number of nitrogens with one attached hydrogen (secondary N) is 1. The normalized spacial score (nSPS) is 31.3. The first-order chi connectivity index (χ1) is 9.20. The van der Waals surface area contributed by atoms with Gasteiger partial charge in [-0.2, -0.15) is 17.4 Å².